The van der Waals surface area contributed by atoms with Crippen molar-refractivity contribution in [2.75, 3.05) is 26.7 Å². The Bertz CT molecular complexity index is 776. The first-order valence-electron chi connectivity index (χ1n) is 9.00. The second-order valence-electron chi connectivity index (χ2n) is 7.03. The van der Waals surface area contributed by atoms with Crippen molar-refractivity contribution in [3.8, 4) is 5.75 Å². The van der Waals surface area contributed by atoms with Gasteiger partial charge in [-0.25, -0.2) is 0 Å². The van der Waals surface area contributed by atoms with E-state index in [0.29, 0.717) is 12.5 Å². The molecule has 1 fully saturated rings. The summed E-state index contributed by atoms with van der Waals surface area (Å²) in [5.74, 6) is 1.40. The van der Waals surface area contributed by atoms with Crippen molar-refractivity contribution < 1.29 is 28.1 Å². The van der Waals surface area contributed by atoms with E-state index in [1.165, 1.54) is 0 Å². The molecule has 0 spiro atoms. The Kier molecular flexibility index (Phi) is 9.38. The van der Waals surface area contributed by atoms with Gasteiger partial charge in [0.2, 0.25) is 0 Å². The van der Waals surface area contributed by atoms with E-state index in [1.807, 2.05) is 42.8 Å². The smallest absolute Gasteiger partial charge is 0.124 e. The number of benzene rings is 2. The third kappa shape index (κ3) is 6.82. The predicted molar refractivity (Wildman–Crippen MR) is 112 cm³/mol. The molecule has 2 aromatic rings. The van der Waals surface area contributed by atoms with Gasteiger partial charge >= 0.3 is 0 Å². The molecule has 1 radical (unpaired) electrons. The van der Waals surface area contributed by atoms with Gasteiger partial charge in [-0.1, -0.05) is 39.7 Å². The zero-order valence-corrected chi connectivity index (χ0v) is 19.5. The molecular formula is C21H23BrClN2O2V-. The first kappa shape index (κ1) is 23.3. The maximum Gasteiger partial charge on any atom is 0.124 e. The van der Waals surface area contributed by atoms with E-state index < -0.39 is 0 Å². The third-order valence-corrected chi connectivity index (χ3v) is 5.53. The van der Waals surface area contributed by atoms with Crippen molar-refractivity contribution in [2.24, 2.45) is 5.92 Å². The summed E-state index contributed by atoms with van der Waals surface area (Å²) in [6.07, 6.45) is 3.04. The maximum absolute atomic E-state index is 10.7. The molecule has 1 aliphatic rings. The molecule has 0 bridgehead atoms. The minimum Gasteiger partial charge on any atom is -0.520 e. The van der Waals surface area contributed by atoms with Gasteiger partial charge in [-0.2, -0.15) is 6.41 Å². The number of nitrogens with zero attached hydrogens (tertiary/aromatic N) is 2. The molecule has 1 heterocycles. The Labute approximate surface area is 192 Å². The molecule has 0 aromatic heterocycles. The van der Waals surface area contributed by atoms with Gasteiger partial charge in [-0.15, -0.1) is 0 Å². The summed E-state index contributed by atoms with van der Waals surface area (Å²) in [7, 11) is 1.78. The van der Waals surface area contributed by atoms with Crippen LogP contribution >= 0.6 is 27.5 Å². The van der Waals surface area contributed by atoms with E-state index in [9.17, 15) is 4.79 Å². The summed E-state index contributed by atoms with van der Waals surface area (Å²) in [6, 6.07) is 13.8. The van der Waals surface area contributed by atoms with Crippen molar-refractivity contribution in [1.29, 1.82) is 0 Å². The van der Waals surface area contributed by atoms with Gasteiger partial charge in [0.15, 0.2) is 0 Å². The second kappa shape index (κ2) is 11.3. The van der Waals surface area contributed by atoms with Crippen LogP contribution in [-0.2, 0) is 36.5 Å². The predicted octanol–water partition coefficient (Wildman–Crippen LogP) is 4.50. The van der Waals surface area contributed by atoms with Gasteiger partial charge in [0.05, 0.1) is 0 Å². The van der Waals surface area contributed by atoms with Crippen LogP contribution in [-0.4, -0.2) is 42.9 Å². The van der Waals surface area contributed by atoms with Crippen molar-refractivity contribution >= 4 is 33.9 Å². The van der Waals surface area contributed by atoms with Crippen LogP contribution in [0.1, 0.15) is 17.5 Å². The normalized spacial score (nSPS) is 16.5. The first-order chi connectivity index (χ1) is 13.0. The van der Waals surface area contributed by atoms with Gasteiger partial charge in [0.1, 0.15) is 12.4 Å². The zero-order valence-electron chi connectivity index (χ0n) is 15.8. The van der Waals surface area contributed by atoms with E-state index in [1.54, 1.807) is 11.9 Å². The Hall–Kier alpha value is -0.976. The molecule has 0 saturated carbocycles. The topological polar surface area (TPSA) is 32.8 Å². The number of amides is 1. The van der Waals surface area contributed by atoms with Crippen molar-refractivity contribution in [1.82, 2.24) is 9.80 Å². The number of rotatable bonds is 8. The Morgan fingerprint density at radius 3 is 2.75 bits per heavy atom. The van der Waals surface area contributed by atoms with Gasteiger partial charge in [-0.05, 0) is 68.4 Å². The van der Waals surface area contributed by atoms with Gasteiger partial charge in [-0.3, -0.25) is 4.90 Å². The fraction of sp³-hybridized carbons (Fsp3) is 0.381. The summed E-state index contributed by atoms with van der Waals surface area (Å²) in [4.78, 5) is 14.7. The van der Waals surface area contributed by atoms with Crippen molar-refractivity contribution in [2.45, 2.75) is 19.6 Å². The molecule has 1 saturated heterocycles. The first-order valence-corrected chi connectivity index (χ1v) is 10.2. The summed E-state index contributed by atoms with van der Waals surface area (Å²) >= 11 is 9.51. The molecule has 3 rings (SSSR count). The van der Waals surface area contributed by atoms with Crippen LogP contribution in [0.25, 0.3) is 0 Å². The largest absolute Gasteiger partial charge is 0.520 e. The van der Waals surface area contributed by atoms with E-state index in [-0.39, 0.29) is 18.6 Å². The Balaban J connectivity index is 0.00000280. The summed E-state index contributed by atoms with van der Waals surface area (Å²) < 4.78 is 7.13. The molecule has 1 atom stereocenters. The molecule has 0 N–H and O–H groups in total. The van der Waals surface area contributed by atoms with Crippen LogP contribution in [0.3, 0.4) is 0 Å². The molecule has 4 nitrogen and oxygen atoms in total. The third-order valence-electron chi connectivity index (χ3n) is 4.78. The fourth-order valence-corrected chi connectivity index (χ4v) is 3.96. The van der Waals surface area contributed by atoms with Gasteiger partial charge < -0.3 is 14.4 Å². The van der Waals surface area contributed by atoms with Crippen molar-refractivity contribution in [3.63, 3.8) is 0 Å². The van der Waals surface area contributed by atoms with Crippen LogP contribution in [0.2, 0.25) is 5.02 Å². The molecular weight excluding hydrogens is 479 g/mol. The Morgan fingerprint density at radius 1 is 1.29 bits per heavy atom. The van der Waals surface area contributed by atoms with E-state index in [4.69, 9.17) is 16.3 Å². The average Bonchev–Trinajstić information content (AvgIpc) is 3.09. The number of halogens is 2. The quantitative estimate of drug-likeness (QED) is 0.394. The van der Waals surface area contributed by atoms with E-state index in [0.717, 1.165) is 59.0 Å². The van der Waals surface area contributed by atoms with Crippen LogP contribution < -0.4 is 4.74 Å². The van der Waals surface area contributed by atoms with E-state index in [2.05, 4.69) is 26.9 Å². The number of hydrogen-bond donors (Lipinski definition) is 0. The van der Waals surface area contributed by atoms with Crippen LogP contribution in [0.5, 0.6) is 5.75 Å². The summed E-state index contributed by atoms with van der Waals surface area (Å²) in [6.45, 7) is 4.11. The summed E-state index contributed by atoms with van der Waals surface area (Å²) in [5, 5.41) is 0.726. The number of carbonyl (C=O) groups excluding carboxylic acids is 1. The summed E-state index contributed by atoms with van der Waals surface area (Å²) in [5.41, 5.74) is 2.25. The number of likely N-dealkylation sites (tertiary alicyclic amines) is 1. The second-order valence-corrected chi connectivity index (χ2v) is 8.38. The standard InChI is InChI=1S/C21H23BrClN2O2.V/c1-24(15-26)11-17-8-9-25(12-17)13-18-10-19(22)4-7-21(18)27-14-16-2-5-20(23)6-3-16;/h2-7,10,17H,8-9,11-14H2,1H3;/q-1;. The SMILES string of the molecule is CN([C-]=O)CC1CCN(Cc2cc(Br)ccc2OCc2ccc(Cl)cc2)C1.[V]. The van der Waals surface area contributed by atoms with Gasteiger partial charge in [0, 0.05) is 46.7 Å². The zero-order chi connectivity index (χ0) is 19.2. The molecule has 1 aliphatic heterocycles. The Morgan fingerprint density at radius 2 is 2.04 bits per heavy atom. The maximum atomic E-state index is 10.7. The fourth-order valence-electron chi connectivity index (χ4n) is 3.43. The monoisotopic (exact) mass is 500 g/mol. The van der Waals surface area contributed by atoms with Crippen LogP contribution in [0, 0.1) is 5.92 Å². The molecule has 1 unspecified atom stereocenters. The molecule has 2 aromatic carbocycles. The van der Waals surface area contributed by atoms with Crippen LogP contribution in [0.15, 0.2) is 46.9 Å². The van der Waals surface area contributed by atoms with Crippen molar-refractivity contribution in [3.05, 3.63) is 63.1 Å². The molecule has 149 valence electrons. The van der Waals surface area contributed by atoms with Crippen LogP contribution in [0.4, 0.5) is 0 Å². The molecule has 1 amide bonds. The molecule has 0 aliphatic carbocycles. The number of ether oxygens (including phenoxy) is 1. The van der Waals surface area contributed by atoms with Gasteiger partial charge in [0.25, 0.3) is 0 Å². The molecule has 7 heteroatoms. The van der Waals surface area contributed by atoms with E-state index >= 15 is 0 Å². The number of hydrogen-bond acceptors (Lipinski definition) is 3. The molecule has 28 heavy (non-hydrogen) atoms. The minimum atomic E-state index is 0. The minimum absolute atomic E-state index is 0. The average molecular weight is 502 g/mol.